The van der Waals surface area contributed by atoms with Gasteiger partial charge in [-0.25, -0.2) is 4.98 Å². The van der Waals surface area contributed by atoms with E-state index in [0.717, 1.165) is 0 Å². The standard InChI is InChI=1S/C12H16ClN5O2/c1-12(2)19-5-7(20-12)4-18-6-15-8-9(14-3)16-11(13)17-10(8)18/h6-7H,4-5H2,1-3H3,(H,14,16,17)/t7-/m1/s1. The van der Waals surface area contributed by atoms with Crippen molar-refractivity contribution in [2.45, 2.75) is 32.3 Å². The minimum Gasteiger partial charge on any atom is -0.371 e. The zero-order valence-electron chi connectivity index (χ0n) is 11.6. The topological polar surface area (TPSA) is 74.1 Å². The van der Waals surface area contributed by atoms with E-state index in [1.54, 1.807) is 13.4 Å². The molecule has 3 rings (SSSR count). The number of nitrogens with one attached hydrogen (secondary N) is 1. The van der Waals surface area contributed by atoms with Crippen LogP contribution in [0, 0.1) is 0 Å². The fraction of sp³-hybridized carbons (Fsp3) is 0.583. The quantitative estimate of drug-likeness (QED) is 0.869. The number of nitrogens with zero attached hydrogens (tertiary/aromatic N) is 4. The highest BCUT2D eigenvalue weighted by atomic mass is 35.5. The van der Waals surface area contributed by atoms with Crippen molar-refractivity contribution in [2.75, 3.05) is 19.0 Å². The Morgan fingerprint density at radius 2 is 2.30 bits per heavy atom. The van der Waals surface area contributed by atoms with Crippen molar-refractivity contribution in [3.05, 3.63) is 11.6 Å². The van der Waals surface area contributed by atoms with E-state index in [0.29, 0.717) is 30.1 Å². The van der Waals surface area contributed by atoms with Crippen LogP contribution < -0.4 is 5.32 Å². The monoisotopic (exact) mass is 297 g/mol. The number of imidazole rings is 1. The summed E-state index contributed by atoms with van der Waals surface area (Å²) < 4.78 is 13.3. The zero-order chi connectivity index (χ0) is 14.3. The third kappa shape index (κ3) is 2.44. The first-order valence-electron chi connectivity index (χ1n) is 6.36. The number of anilines is 1. The van der Waals surface area contributed by atoms with Crippen LogP contribution in [0.2, 0.25) is 5.28 Å². The Labute approximate surface area is 121 Å². The van der Waals surface area contributed by atoms with E-state index in [1.165, 1.54) is 0 Å². The minimum atomic E-state index is -0.538. The fourth-order valence-corrected chi connectivity index (χ4v) is 2.46. The van der Waals surface area contributed by atoms with E-state index < -0.39 is 5.79 Å². The molecule has 20 heavy (non-hydrogen) atoms. The van der Waals surface area contributed by atoms with Crippen molar-refractivity contribution in [2.24, 2.45) is 0 Å². The Bertz CT molecular complexity index is 642. The van der Waals surface area contributed by atoms with Gasteiger partial charge in [-0.05, 0) is 25.4 Å². The van der Waals surface area contributed by atoms with Gasteiger partial charge in [-0.3, -0.25) is 0 Å². The second-order valence-electron chi connectivity index (χ2n) is 5.11. The van der Waals surface area contributed by atoms with Crippen LogP contribution in [0.1, 0.15) is 13.8 Å². The van der Waals surface area contributed by atoms with Gasteiger partial charge in [0.15, 0.2) is 22.8 Å². The molecule has 1 atom stereocenters. The second-order valence-corrected chi connectivity index (χ2v) is 5.45. The molecule has 2 aromatic heterocycles. The van der Waals surface area contributed by atoms with E-state index in [9.17, 15) is 0 Å². The van der Waals surface area contributed by atoms with Crippen LogP contribution in [0.25, 0.3) is 11.2 Å². The maximum Gasteiger partial charge on any atom is 0.226 e. The number of hydrogen-bond donors (Lipinski definition) is 1. The summed E-state index contributed by atoms with van der Waals surface area (Å²) in [6, 6.07) is 0. The molecule has 1 aliphatic heterocycles. The Kier molecular flexibility index (Phi) is 3.27. The molecule has 0 amide bonds. The molecule has 1 aliphatic rings. The lowest BCUT2D eigenvalue weighted by molar-refractivity contribution is -0.139. The molecule has 0 aromatic carbocycles. The number of hydrogen-bond acceptors (Lipinski definition) is 6. The molecule has 0 saturated carbocycles. The van der Waals surface area contributed by atoms with Gasteiger partial charge in [-0.1, -0.05) is 0 Å². The molecule has 108 valence electrons. The summed E-state index contributed by atoms with van der Waals surface area (Å²) in [7, 11) is 1.77. The van der Waals surface area contributed by atoms with Crippen LogP contribution in [-0.2, 0) is 16.0 Å². The predicted octanol–water partition coefficient (Wildman–Crippen LogP) is 1.67. The van der Waals surface area contributed by atoms with Crippen LogP contribution in [0.5, 0.6) is 0 Å². The highest BCUT2D eigenvalue weighted by Gasteiger charge is 2.33. The van der Waals surface area contributed by atoms with Crippen LogP contribution in [0.3, 0.4) is 0 Å². The summed E-state index contributed by atoms with van der Waals surface area (Å²) in [5.74, 6) is 0.0757. The number of aromatic nitrogens is 4. The summed E-state index contributed by atoms with van der Waals surface area (Å²) >= 11 is 5.93. The molecule has 0 spiro atoms. The molecular formula is C12H16ClN5O2. The smallest absolute Gasteiger partial charge is 0.226 e. The van der Waals surface area contributed by atoms with E-state index in [2.05, 4.69) is 20.3 Å². The lowest BCUT2D eigenvalue weighted by Crippen LogP contribution is -2.24. The average Bonchev–Trinajstić information content (AvgIpc) is 2.93. The van der Waals surface area contributed by atoms with E-state index in [-0.39, 0.29) is 11.4 Å². The van der Waals surface area contributed by atoms with E-state index in [4.69, 9.17) is 21.1 Å². The van der Waals surface area contributed by atoms with Gasteiger partial charge >= 0.3 is 0 Å². The lowest BCUT2D eigenvalue weighted by Gasteiger charge is -2.17. The maximum absolute atomic E-state index is 5.93. The van der Waals surface area contributed by atoms with Gasteiger partial charge in [0.05, 0.1) is 19.5 Å². The predicted molar refractivity (Wildman–Crippen MR) is 74.8 cm³/mol. The summed E-state index contributed by atoms with van der Waals surface area (Å²) in [5, 5.41) is 3.15. The molecule has 0 unspecified atom stereocenters. The van der Waals surface area contributed by atoms with Crippen LogP contribution in [-0.4, -0.2) is 45.1 Å². The van der Waals surface area contributed by atoms with Crippen molar-refractivity contribution < 1.29 is 9.47 Å². The molecule has 2 aromatic rings. The van der Waals surface area contributed by atoms with Crippen molar-refractivity contribution in [1.29, 1.82) is 0 Å². The highest BCUT2D eigenvalue weighted by molar-refractivity contribution is 6.28. The molecule has 8 heteroatoms. The number of rotatable bonds is 3. The van der Waals surface area contributed by atoms with Crippen molar-refractivity contribution in [3.8, 4) is 0 Å². The number of ether oxygens (including phenoxy) is 2. The molecule has 1 fully saturated rings. The highest BCUT2D eigenvalue weighted by Crippen LogP contribution is 2.25. The zero-order valence-corrected chi connectivity index (χ0v) is 12.3. The summed E-state index contributed by atoms with van der Waals surface area (Å²) in [5.41, 5.74) is 1.37. The van der Waals surface area contributed by atoms with Gasteiger partial charge in [0.2, 0.25) is 5.28 Å². The molecule has 0 aliphatic carbocycles. The van der Waals surface area contributed by atoms with Gasteiger partial charge in [-0.2, -0.15) is 9.97 Å². The Hall–Kier alpha value is -1.44. The maximum atomic E-state index is 5.93. The molecule has 0 bridgehead atoms. The molecule has 3 heterocycles. The summed E-state index contributed by atoms with van der Waals surface area (Å²) in [6.45, 7) is 4.95. The van der Waals surface area contributed by atoms with Gasteiger partial charge in [0.25, 0.3) is 0 Å². The molecule has 0 radical (unpaired) electrons. The van der Waals surface area contributed by atoms with Crippen LogP contribution in [0.15, 0.2) is 6.33 Å². The SMILES string of the molecule is CNc1nc(Cl)nc2c1ncn2C[C@@H]1COC(C)(C)O1. The molecular weight excluding hydrogens is 282 g/mol. The normalized spacial score (nSPS) is 21.5. The van der Waals surface area contributed by atoms with Gasteiger partial charge in [0, 0.05) is 7.05 Å². The van der Waals surface area contributed by atoms with Crippen molar-refractivity contribution in [3.63, 3.8) is 0 Å². The first-order chi connectivity index (χ1) is 9.48. The van der Waals surface area contributed by atoms with E-state index in [1.807, 2.05) is 18.4 Å². The van der Waals surface area contributed by atoms with Crippen LogP contribution >= 0.6 is 11.6 Å². The number of fused-ring (bicyclic) bond motifs is 1. The average molecular weight is 298 g/mol. The van der Waals surface area contributed by atoms with Crippen molar-refractivity contribution in [1.82, 2.24) is 19.5 Å². The Morgan fingerprint density at radius 3 is 2.95 bits per heavy atom. The summed E-state index contributed by atoms with van der Waals surface area (Å²) in [4.78, 5) is 12.7. The Morgan fingerprint density at radius 1 is 1.50 bits per heavy atom. The largest absolute Gasteiger partial charge is 0.371 e. The van der Waals surface area contributed by atoms with Gasteiger partial charge in [-0.15, -0.1) is 0 Å². The molecule has 1 N–H and O–H groups in total. The first kappa shape index (κ1) is 13.5. The lowest BCUT2D eigenvalue weighted by atomic mass is 10.3. The number of halogens is 1. The first-order valence-corrected chi connectivity index (χ1v) is 6.74. The molecule has 7 nitrogen and oxygen atoms in total. The second kappa shape index (κ2) is 4.83. The van der Waals surface area contributed by atoms with Gasteiger partial charge < -0.3 is 19.4 Å². The third-order valence-electron chi connectivity index (χ3n) is 3.14. The Balaban J connectivity index is 1.91. The summed E-state index contributed by atoms with van der Waals surface area (Å²) in [6.07, 6.45) is 1.68. The third-order valence-corrected chi connectivity index (χ3v) is 3.31. The van der Waals surface area contributed by atoms with Crippen LogP contribution in [0.4, 0.5) is 5.82 Å². The van der Waals surface area contributed by atoms with E-state index >= 15 is 0 Å². The molecule has 1 saturated heterocycles. The fourth-order valence-electron chi connectivity index (χ4n) is 2.30. The van der Waals surface area contributed by atoms with Gasteiger partial charge in [0.1, 0.15) is 6.10 Å². The minimum absolute atomic E-state index is 0.0332. The van der Waals surface area contributed by atoms with Crippen molar-refractivity contribution >= 4 is 28.6 Å².